The molecular formula is C16H23ClN4O5S. The van der Waals surface area contributed by atoms with Crippen LogP contribution in [0.2, 0.25) is 0 Å². The summed E-state index contributed by atoms with van der Waals surface area (Å²) in [5, 5.41) is 14.3. The Labute approximate surface area is 164 Å². The molecule has 2 saturated heterocycles. The van der Waals surface area contributed by atoms with Gasteiger partial charge in [0.15, 0.2) is 0 Å². The first-order valence-corrected chi connectivity index (χ1v) is 9.96. The van der Waals surface area contributed by atoms with Crippen LogP contribution >= 0.6 is 12.4 Å². The predicted octanol–water partition coefficient (Wildman–Crippen LogP) is 0.990. The molecule has 27 heavy (non-hydrogen) atoms. The number of fused-ring (bicyclic) bond motifs is 2. The van der Waals surface area contributed by atoms with E-state index in [9.17, 15) is 23.3 Å². The highest BCUT2D eigenvalue weighted by Gasteiger charge is 2.32. The second kappa shape index (κ2) is 8.51. The largest absolute Gasteiger partial charge is 0.340 e. The lowest BCUT2D eigenvalue weighted by Gasteiger charge is -2.26. The van der Waals surface area contributed by atoms with Gasteiger partial charge >= 0.3 is 0 Å². The van der Waals surface area contributed by atoms with Crippen molar-refractivity contribution in [1.29, 1.82) is 0 Å². The number of nitrogens with one attached hydrogen (secondary N) is 1. The summed E-state index contributed by atoms with van der Waals surface area (Å²) in [5.74, 6) is -0.254. The molecule has 2 bridgehead atoms. The quantitative estimate of drug-likeness (QED) is 0.563. The topological polar surface area (TPSA) is 113 Å². The second-order valence-electron chi connectivity index (χ2n) is 6.78. The van der Waals surface area contributed by atoms with Crippen molar-refractivity contribution in [3.8, 4) is 0 Å². The second-order valence-corrected chi connectivity index (χ2v) is 8.83. The fourth-order valence-electron chi connectivity index (χ4n) is 3.48. The van der Waals surface area contributed by atoms with E-state index in [1.54, 1.807) is 4.90 Å². The maximum atomic E-state index is 12.6. The first kappa shape index (κ1) is 21.5. The number of benzene rings is 1. The molecule has 0 aliphatic carbocycles. The summed E-state index contributed by atoms with van der Waals surface area (Å²) in [7, 11) is -2.67. The van der Waals surface area contributed by atoms with Gasteiger partial charge in [0.2, 0.25) is 15.9 Å². The molecular weight excluding hydrogens is 396 g/mol. The van der Waals surface area contributed by atoms with Crippen molar-refractivity contribution < 1.29 is 18.1 Å². The maximum absolute atomic E-state index is 12.6. The smallest absolute Gasteiger partial charge is 0.270 e. The molecule has 2 fully saturated rings. The van der Waals surface area contributed by atoms with E-state index in [-0.39, 0.29) is 41.5 Å². The van der Waals surface area contributed by atoms with E-state index >= 15 is 0 Å². The lowest BCUT2D eigenvalue weighted by atomic mass is 10.1. The van der Waals surface area contributed by atoms with Crippen molar-refractivity contribution in [2.24, 2.45) is 0 Å². The maximum Gasteiger partial charge on any atom is 0.270 e. The van der Waals surface area contributed by atoms with Crippen LogP contribution in [-0.2, 0) is 14.8 Å². The number of hydrogen-bond acceptors (Lipinski definition) is 6. The van der Waals surface area contributed by atoms with Gasteiger partial charge in [-0.1, -0.05) is 6.07 Å². The van der Waals surface area contributed by atoms with Crippen molar-refractivity contribution in [2.75, 3.05) is 26.7 Å². The van der Waals surface area contributed by atoms with Gasteiger partial charge in [-0.2, -0.15) is 4.31 Å². The van der Waals surface area contributed by atoms with Crippen LogP contribution in [0.15, 0.2) is 29.2 Å². The molecule has 2 aliphatic heterocycles. The number of rotatable bonds is 5. The number of carbonyl (C=O) groups excluding carboxylic acids is 1. The minimum absolute atomic E-state index is 0. The van der Waals surface area contributed by atoms with E-state index in [1.165, 1.54) is 25.2 Å². The van der Waals surface area contributed by atoms with E-state index < -0.39 is 14.9 Å². The number of amides is 1. The molecule has 2 aliphatic rings. The standard InChI is InChI=1S/C16H22N4O5S.ClH/c1-18(26(24,25)15-4-2-3-14(9-15)20(22)23)11-16(21)19-8-7-12-5-6-13(10-19)17-12;/h2-4,9,12-13,17H,5-8,10-11H2,1H3;1H. The first-order valence-electron chi connectivity index (χ1n) is 8.52. The number of likely N-dealkylation sites (N-methyl/N-ethyl adjacent to an activating group) is 1. The number of carbonyl (C=O) groups is 1. The Morgan fingerprint density at radius 2 is 2.04 bits per heavy atom. The Morgan fingerprint density at radius 3 is 2.74 bits per heavy atom. The molecule has 1 amide bonds. The normalized spacial score (nSPS) is 22.2. The van der Waals surface area contributed by atoms with Gasteiger partial charge in [-0.25, -0.2) is 8.42 Å². The first-order chi connectivity index (χ1) is 12.3. The van der Waals surface area contributed by atoms with Crippen molar-refractivity contribution in [1.82, 2.24) is 14.5 Å². The van der Waals surface area contributed by atoms with Crippen molar-refractivity contribution in [3.63, 3.8) is 0 Å². The SMILES string of the molecule is CN(CC(=O)N1CCC2CCC(C1)N2)S(=O)(=O)c1cccc([N+](=O)[O-])c1.Cl. The van der Waals surface area contributed by atoms with Crippen LogP contribution in [0, 0.1) is 10.1 Å². The zero-order chi connectivity index (χ0) is 18.9. The molecule has 0 radical (unpaired) electrons. The van der Waals surface area contributed by atoms with Gasteiger partial charge in [0.05, 0.1) is 16.4 Å². The van der Waals surface area contributed by atoms with Gasteiger partial charge in [-0.05, 0) is 25.3 Å². The fourth-order valence-corrected chi connectivity index (χ4v) is 4.64. The summed E-state index contributed by atoms with van der Waals surface area (Å²) in [6.07, 6.45) is 3.01. The number of likely N-dealkylation sites (tertiary alicyclic amines) is 1. The van der Waals surface area contributed by atoms with Crippen LogP contribution in [0.5, 0.6) is 0 Å². The van der Waals surface area contributed by atoms with Gasteiger partial charge in [0.25, 0.3) is 5.69 Å². The molecule has 0 saturated carbocycles. The number of halogens is 1. The number of hydrogen-bond donors (Lipinski definition) is 1. The Kier molecular flexibility index (Phi) is 6.79. The third-order valence-electron chi connectivity index (χ3n) is 4.97. The number of nitro groups is 1. The monoisotopic (exact) mass is 418 g/mol. The average Bonchev–Trinajstić information content (AvgIpc) is 2.93. The highest BCUT2D eigenvalue weighted by atomic mass is 35.5. The molecule has 0 spiro atoms. The van der Waals surface area contributed by atoms with Crippen molar-refractivity contribution in [2.45, 2.75) is 36.2 Å². The van der Waals surface area contributed by atoms with Gasteiger partial charge in [0, 0.05) is 44.4 Å². The summed E-state index contributed by atoms with van der Waals surface area (Å²) < 4.78 is 26.2. The van der Waals surface area contributed by atoms with Crippen LogP contribution in [0.4, 0.5) is 5.69 Å². The van der Waals surface area contributed by atoms with Gasteiger partial charge in [0.1, 0.15) is 0 Å². The lowest BCUT2D eigenvalue weighted by Crippen LogP contribution is -2.44. The van der Waals surface area contributed by atoms with Crippen LogP contribution in [0.3, 0.4) is 0 Å². The summed E-state index contributed by atoms with van der Waals surface area (Å²) in [5.41, 5.74) is -0.305. The average molecular weight is 419 g/mol. The number of nitro benzene ring substituents is 1. The summed E-state index contributed by atoms with van der Waals surface area (Å²) in [6.45, 7) is 0.903. The summed E-state index contributed by atoms with van der Waals surface area (Å²) >= 11 is 0. The highest BCUT2D eigenvalue weighted by molar-refractivity contribution is 7.89. The molecule has 150 valence electrons. The highest BCUT2D eigenvalue weighted by Crippen LogP contribution is 2.22. The number of nitrogens with zero attached hydrogens (tertiary/aromatic N) is 3. The minimum Gasteiger partial charge on any atom is -0.340 e. The molecule has 1 aromatic carbocycles. The Morgan fingerprint density at radius 1 is 1.33 bits per heavy atom. The molecule has 0 aromatic heterocycles. The van der Waals surface area contributed by atoms with Crippen LogP contribution in [-0.4, -0.2) is 67.2 Å². The molecule has 9 nitrogen and oxygen atoms in total. The Bertz CT molecular complexity index is 819. The molecule has 3 rings (SSSR count). The Balaban J connectivity index is 0.00000261. The van der Waals surface area contributed by atoms with Gasteiger partial charge in [-0.3, -0.25) is 14.9 Å². The van der Waals surface area contributed by atoms with Gasteiger partial charge < -0.3 is 10.2 Å². The fraction of sp³-hybridized carbons (Fsp3) is 0.562. The summed E-state index contributed by atoms with van der Waals surface area (Å²) in [6, 6.07) is 5.54. The van der Waals surface area contributed by atoms with E-state index in [0.717, 1.165) is 29.6 Å². The summed E-state index contributed by atoms with van der Waals surface area (Å²) in [4.78, 5) is 24.3. The zero-order valence-electron chi connectivity index (χ0n) is 14.9. The predicted molar refractivity (Wildman–Crippen MR) is 101 cm³/mol. The van der Waals surface area contributed by atoms with Gasteiger partial charge in [-0.15, -0.1) is 12.4 Å². The zero-order valence-corrected chi connectivity index (χ0v) is 16.5. The van der Waals surface area contributed by atoms with Crippen LogP contribution < -0.4 is 5.32 Å². The molecule has 1 aromatic rings. The molecule has 2 atom stereocenters. The number of non-ortho nitro benzene ring substituents is 1. The molecule has 11 heteroatoms. The van der Waals surface area contributed by atoms with Crippen molar-refractivity contribution >= 4 is 34.0 Å². The van der Waals surface area contributed by atoms with E-state index in [4.69, 9.17) is 0 Å². The van der Waals surface area contributed by atoms with E-state index in [1.807, 2.05) is 0 Å². The Hall–Kier alpha value is -1.75. The molecule has 1 N–H and O–H groups in total. The number of sulfonamides is 1. The molecule has 2 unspecified atom stereocenters. The van der Waals surface area contributed by atoms with E-state index in [2.05, 4.69) is 5.32 Å². The van der Waals surface area contributed by atoms with E-state index in [0.29, 0.717) is 19.1 Å². The van der Waals surface area contributed by atoms with Crippen LogP contribution in [0.1, 0.15) is 19.3 Å². The third-order valence-corrected chi connectivity index (χ3v) is 6.77. The third kappa shape index (κ3) is 4.75. The lowest BCUT2D eigenvalue weighted by molar-refractivity contribution is -0.385. The van der Waals surface area contributed by atoms with Crippen molar-refractivity contribution in [3.05, 3.63) is 34.4 Å². The minimum atomic E-state index is -3.98. The molecule has 2 heterocycles. The van der Waals surface area contributed by atoms with Crippen LogP contribution in [0.25, 0.3) is 0 Å².